The van der Waals surface area contributed by atoms with Crippen molar-refractivity contribution in [3.05, 3.63) is 53.9 Å². The molecule has 1 aromatic heterocycles. The molecule has 0 unspecified atom stereocenters. The largest absolute Gasteiger partial charge is 1.00 e. The van der Waals surface area contributed by atoms with Gasteiger partial charge in [-0.15, -0.1) is 0 Å². The van der Waals surface area contributed by atoms with E-state index in [4.69, 9.17) is 9.47 Å². The zero-order valence-electron chi connectivity index (χ0n) is 15.0. The first-order chi connectivity index (χ1) is 12.3. The van der Waals surface area contributed by atoms with E-state index in [1.807, 2.05) is 0 Å². The summed E-state index contributed by atoms with van der Waals surface area (Å²) in [5.74, 6) is 1.87. The van der Waals surface area contributed by atoms with Crippen LogP contribution in [-0.2, 0) is 25.9 Å². The van der Waals surface area contributed by atoms with E-state index in [9.17, 15) is 0 Å². The number of ether oxygens (including phenoxy) is 2. The highest BCUT2D eigenvalue weighted by molar-refractivity contribution is 5.81. The highest BCUT2D eigenvalue weighted by Gasteiger charge is 2.33. The number of halogens is 1. The van der Waals surface area contributed by atoms with Crippen LogP contribution < -0.4 is 26.4 Å². The first kappa shape index (κ1) is 17.0. The monoisotopic (exact) mass is 368 g/mol. The van der Waals surface area contributed by atoms with Crippen LogP contribution in [0.4, 0.5) is 0 Å². The van der Waals surface area contributed by atoms with Gasteiger partial charge in [-0.1, -0.05) is 0 Å². The van der Waals surface area contributed by atoms with E-state index in [2.05, 4.69) is 51.9 Å². The van der Waals surface area contributed by atoms with Crippen LogP contribution in [0.2, 0.25) is 0 Å². The molecule has 0 fully saturated rings. The molecule has 0 bridgehead atoms. The minimum absolute atomic E-state index is 0. The van der Waals surface area contributed by atoms with Crippen LogP contribution >= 0.6 is 0 Å². The summed E-state index contributed by atoms with van der Waals surface area (Å²) >= 11 is 0. The van der Waals surface area contributed by atoms with Gasteiger partial charge in [0.1, 0.15) is 11.5 Å². The second-order valence-corrected chi connectivity index (χ2v) is 6.75. The molecule has 4 nitrogen and oxygen atoms in total. The average molecular weight is 369 g/mol. The molecule has 26 heavy (non-hydrogen) atoms. The molecule has 0 aliphatic carbocycles. The number of benzene rings is 2. The predicted octanol–water partition coefficient (Wildman–Crippen LogP) is 0.243. The van der Waals surface area contributed by atoms with Gasteiger partial charge >= 0.3 is 0 Å². The normalized spacial score (nSPS) is 13.6. The van der Waals surface area contributed by atoms with E-state index in [-0.39, 0.29) is 12.4 Å². The van der Waals surface area contributed by atoms with Gasteiger partial charge in [0.2, 0.25) is 6.33 Å². The van der Waals surface area contributed by atoms with Crippen molar-refractivity contribution in [3.8, 4) is 34.0 Å². The summed E-state index contributed by atoms with van der Waals surface area (Å²) in [6.07, 6.45) is 4.37. The maximum Gasteiger partial charge on any atom is 0.244 e. The third-order valence-corrected chi connectivity index (χ3v) is 5.46. The van der Waals surface area contributed by atoms with Crippen molar-refractivity contribution in [1.82, 2.24) is 4.57 Å². The van der Waals surface area contributed by atoms with E-state index >= 15 is 0 Å². The lowest BCUT2D eigenvalue weighted by molar-refractivity contribution is -0.687. The van der Waals surface area contributed by atoms with Crippen molar-refractivity contribution in [1.29, 1.82) is 0 Å². The number of aryl methyl sites for hydroxylation is 4. The van der Waals surface area contributed by atoms with Crippen molar-refractivity contribution in [3.63, 3.8) is 0 Å². The molecule has 0 saturated heterocycles. The van der Waals surface area contributed by atoms with Gasteiger partial charge in [0.15, 0.2) is 11.4 Å². The first-order valence-electron chi connectivity index (χ1n) is 8.75. The second kappa shape index (κ2) is 6.36. The van der Waals surface area contributed by atoms with E-state index < -0.39 is 0 Å². The maximum absolute atomic E-state index is 5.42. The fourth-order valence-electron chi connectivity index (χ4n) is 4.21. The Hall–Kier alpha value is -2.46. The van der Waals surface area contributed by atoms with E-state index in [0.29, 0.717) is 0 Å². The van der Waals surface area contributed by atoms with Crippen LogP contribution in [0.3, 0.4) is 0 Å². The van der Waals surface area contributed by atoms with Crippen molar-refractivity contribution >= 4 is 0 Å². The van der Waals surface area contributed by atoms with Crippen LogP contribution in [0.5, 0.6) is 11.5 Å². The number of nitrogens with zero attached hydrogens (tertiary/aromatic N) is 2. The van der Waals surface area contributed by atoms with Crippen LogP contribution in [0.15, 0.2) is 42.7 Å². The lowest BCUT2D eigenvalue weighted by atomic mass is 9.91. The van der Waals surface area contributed by atoms with Gasteiger partial charge in [-0.05, 0) is 47.5 Å². The number of rotatable bonds is 2. The minimum Gasteiger partial charge on any atom is -1.00 e. The van der Waals surface area contributed by atoms with Gasteiger partial charge < -0.3 is 21.9 Å². The Kier molecular flexibility index (Phi) is 4.16. The Balaban J connectivity index is 0.00000168. The Labute approximate surface area is 159 Å². The highest BCUT2D eigenvalue weighted by atomic mass is 35.5. The van der Waals surface area contributed by atoms with Crippen LogP contribution in [0, 0.1) is 0 Å². The number of hydrogen-bond donors (Lipinski definition) is 0. The molecule has 3 heterocycles. The molecule has 0 spiro atoms. The Morgan fingerprint density at radius 2 is 1.54 bits per heavy atom. The van der Waals surface area contributed by atoms with Crippen LogP contribution in [0.1, 0.15) is 11.1 Å². The summed E-state index contributed by atoms with van der Waals surface area (Å²) in [7, 11) is 3.46. The topological polar surface area (TPSA) is 27.3 Å². The number of fused-ring (bicyclic) bond motifs is 7. The molecule has 5 heteroatoms. The molecular weight excluding hydrogens is 348 g/mol. The molecule has 5 rings (SSSR count). The van der Waals surface area contributed by atoms with Gasteiger partial charge in [-0.25, -0.2) is 9.13 Å². The van der Waals surface area contributed by atoms with E-state index in [1.165, 1.54) is 33.6 Å². The molecule has 3 aromatic rings. The third-order valence-electron chi connectivity index (χ3n) is 5.46. The Bertz CT molecular complexity index is 916. The van der Waals surface area contributed by atoms with Gasteiger partial charge in [0, 0.05) is 24.0 Å². The SMILES string of the molecule is COc1ccc2c(c1)CCn1c[n+]3c(c1-2)-c1ccc(OC)cc1CC3.[Cl-]. The lowest BCUT2D eigenvalue weighted by Crippen LogP contribution is -3.00. The molecule has 2 aliphatic rings. The summed E-state index contributed by atoms with van der Waals surface area (Å²) in [6, 6.07) is 12.9. The van der Waals surface area contributed by atoms with Gasteiger partial charge in [0.25, 0.3) is 0 Å². The van der Waals surface area contributed by atoms with Gasteiger partial charge in [-0.2, -0.15) is 0 Å². The summed E-state index contributed by atoms with van der Waals surface area (Å²) in [5, 5.41) is 0. The molecule has 0 amide bonds. The fraction of sp³-hybridized carbons (Fsp3) is 0.286. The van der Waals surface area contributed by atoms with Crippen molar-refractivity contribution in [2.45, 2.75) is 25.9 Å². The smallest absolute Gasteiger partial charge is 0.244 e. The lowest BCUT2D eigenvalue weighted by Gasteiger charge is -2.19. The molecule has 0 saturated carbocycles. The van der Waals surface area contributed by atoms with E-state index in [0.717, 1.165) is 37.4 Å². The fourth-order valence-corrected chi connectivity index (χ4v) is 4.21. The Morgan fingerprint density at radius 3 is 2.23 bits per heavy atom. The average Bonchev–Trinajstić information content (AvgIpc) is 3.06. The number of aromatic nitrogens is 2. The van der Waals surface area contributed by atoms with Crippen molar-refractivity contribution in [2.24, 2.45) is 0 Å². The number of hydrogen-bond acceptors (Lipinski definition) is 2. The summed E-state index contributed by atoms with van der Waals surface area (Å²) < 4.78 is 15.6. The predicted molar refractivity (Wildman–Crippen MR) is 96.0 cm³/mol. The quantitative estimate of drug-likeness (QED) is 0.606. The summed E-state index contributed by atoms with van der Waals surface area (Å²) in [6.45, 7) is 2.03. The maximum atomic E-state index is 5.42. The second-order valence-electron chi connectivity index (χ2n) is 6.75. The van der Waals surface area contributed by atoms with Crippen molar-refractivity contribution < 1.29 is 26.4 Å². The molecule has 0 radical (unpaired) electrons. The molecule has 134 valence electrons. The van der Waals surface area contributed by atoms with Crippen LogP contribution in [0.25, 0.3) is 22.5 Å². The molecule has 0 atom stereocenters. The zero-order valence-corrected chi connectivity index (χ0v) is 15.7. The molecule has 2 aromatic carbocycles. The van der Waals surface area contributed by atoms with E-state index in [1.54, 1.807) is 14.2 Å². The number of methoxy groups -OCH3 is 2. The third kappa shape index (κ3) is 2.40. The first-order valence-corrected chi connectivity index (χ1v) is 8.75. The minimum atomic E-state index is 0. The summed E-state index contributed by atoms with van der Waals surface area (Å²) in [4.78, 5) is 0. The van der Waals surface area contributed by atoms with Crippen molar-refractivity contribution in [2.75, 3.05) is 14.2 Å². The van der Waals surface area contributed by atoms with Crippen LogP contribution in [-0.4, -0.2) is 18.8 Å². The zero-order chi connectivity index (χ0) is 17.0. The standard InChI is InChI=1S/C21H21N2O2.ClH/c1-24-16-3-5-18-14(11-16)7-9-22-13-23-10-8-15-12-17(25-2)4-6-19(15)21(23)20(18)22;/h3-6,11-13H,7-10H2,1-2H3;1H/q+1;/p-1. The van der Waals surface area contributed by atoms with Gasteiger partial charge in [0.05, 0.1) is 27.3 Å². The highest BCUT2D eigenvalue weighted by Crippen LogP contribution is 2.40. The Morgan fingerprint density at radius 1 is 0.885 bits per heavy atom. The number of imidazole rings is 1. The molecule has 0 N–H and O–H groups in total. The molecular formula is C21H21ClN2O2. The summed E-state index contributed by atoms with van der Waals surface area (Å²) in [5.41, 5.74) is 8.04. The van der Waals surface area contributed by atoms with Gasteiger partial charge in [-0.3, -0.25) is 0 Å². The molecule has 2 aliphatic heterocycles.